The highest BCUT2D eigenvalue weighted by atomic mass is 35.5. The predicted octanol–water partition coefficient (Wildman–Crippen LogP) is 5.53. The third-order valence-corrected chi connectivity index (χ3v) is 5.72. The smallest absolute Gasteiger partial charge is 0.408 e. The summed E-state index contributed by atoms with van der Waals surface area (Å²) < 4.78 is 23.5. The van der Waals surface area contributed by atoms with Crippen molar-refractivity contribution in [3.63, 3.8) is 0 Å². The van der Waals surface area contributed by atoms with Crippen molar-refractivity contribution in [2.45, 2.75) is 12.4 Å². The van der Waals surface area contributed by atoms with Crippen LogP contribution in [0.4, 0.5) is 4.79 Å². The van der Waals surface area contributed by atoms with Crippen LogP contribution in [0.2, 0.25) is 5.02 Å². The number of benzene rings is 3. The third kappa shape index (κ3) is 6.09. The average Bonchev–Trinajstić information content (AvgIpc) is 2.71. The van der Waals surface area contributed by atoms with Crippen molar-refractivity contribution < 1.29 is 23.5 Å². The second-order valence-electron chi connectivity index (χ2n) is 6.13. The lowest BCUT2D eigenvalue weighted by molar-refractivity contribution is 0.137. The van der Waals surface area contributed by atoms with Crippen LogP contribution >= 0.6 is 19.2 Å². The fourth-order valence-corrected chi connectivity index (χ4v) is 4.13. The molecule has 0 aliphatic rings. The maximum atomic E-state index is 13.0. The van der Waals surface area contributed by atoms with Crippen molar-refractivity contribution in [2.24, 2.45) is 0 Å². The number of halogens is 1. The molecule has 2 atom stereocenters. The van der Waals surface area contributed by atoms with Crippen LogP contribution in [-0.2, 0) is 15.9 Å². The van der Waals surface area contributed by atoms with Gasteiger partial charge in [-0.05, 0) is 35.4 Å². The molecule has 0 aliphatic heterocycles. The van der Waals surface area contributed by atoms with Gasteiger partial charge in [0.25, 0.3) is 0 Å². The molecule has 3 aromatic rings. The molecule has 150 valence electrons. The van der Waals surface area contributed by atoms with E-state index in [1.54, 1.807) is 60.7 Å². The van der Waals surface area contributed by atoms with Crippen LogP contribution in [0.5, 0.6) is 5.75 Å². The van der Waals surface area contributed by atoms with Crippen LogP contribution in [0.25, 0.3) is 0 Å². The third-order valence-electron chi connectivity index (χ3n) is 3.94. The van der Waals surface area contributed by atoms with Crippen molar-refractivity contribution in [3.05, 3.63) is 101 Å². The van der Waals surface area contributed by atoms with Gasteiger partial charge in [0, 0.05) is 5.02 Å². The van der Waals surface area contributed by atoms with E-state index in [0.717, 1.165) is 5.56 Å². The molecule has 3 aromatic carbocycles. The highest BCUT2D eigenvalue weighted by Gasteiger charge is 2.37. The molecule has 3 rings (SSSR count). The summed E-state index contributed by atoms with van der Waals surface area (Å²) in [6.45, 7) is 0.0181. The minimum Gasteiger partial charge on any atom is -0.445 e. The summed E-state index contributed by atoms with van der Waals surface area (Å²) >= 11 is 6.02. The number of hydrogen-bond acceptors (Lipinski definition) is 4. The van der Waals surface area contributed by atoms with E-state index in [2.05, 4.69) is 5.32 Å². The Kier molecular flexibility index (Phi) is 6.94. The maximum Gasteiger partial charge on any atom is 0.408 e. The lowest BCUT2D eigenvalue weighted by Gasteiger charge is -2.24. The van der Waals surface area contributed by atoms with Crippen molar-refractivity contribution in [1.82, 2.24) is 5.32 Å². The molecule has 0 aliphatic carbocycles. The van der Waals surface area contributed by atoms with E-state index in [4.69, 9.17) is 20.9 Å². The first-order valence-corrected chi connectivity index (χ1v) is 10.8. The number of rotatable bonds is 7. The minimum absolute atomic E-state index is 0.0181. The summed E-state index contributed by atoms with van der Waals surface area (Å²) in [4.78, 5) is 23.0. The second-order valence-corrected chi connectivity index (χ2v) is 8.40. The van der Waals surface area contributed by atoms with Crippen LogP contribution in [0.15, 0.2) is 84.9 Å². The number of hydrogen-bond donors (Lipinski definition) is 2. The van der Waals surface area contributed by atoms with E-state index in [0.29, 0.717) is 10.6 Å². The van der Waals surface area contributed by atoms with Gasteiger partial charge in [0.2, 0.25) is 0 Å². The topological polar surface area (TPSA) is 84.9 Å². The molecule has 0 heterocycles. The highest BCUT2D eigenvalue weighted by Crippen LogP contribution is 2.55. The van der Waals surface area contributed by atoms with Gasteiger partial charge in [0.05, 0.1) is 0 Å². The number of carbonyl (C=O) groups is 1. The highest BCUT2D eigenvalue weighted by molar-refractivity contribution is 7.53. The van der Waals surface area contributed by atoms with Crippen LogP contribution < -0.4 is 9.84 Å². The Hall–Kier alpha value is -2.79. The minimum atomic E-state index is -4.39. The van der Waals surface area contributed by atoms with E-state index >= 15 is 0 Å². The van der Waals surface area contributed by atoms with E-state index in [9.17, 15) is 14.3 Å². The van der Waals surface area contributed by atoms with Gasteiger partial charge in [-0.15, -0.1) is 0 Å². The van der Waals surface area contributed by atoms with E-state index < -0.39 is 19.5 Å². The van der Waals surface area contributed by atoms with E-state index in [1.165, 1.54) is 6.07 Å². The van der Waals surface area contributed by atoms with Crippen LogP contribution in [0.3, 0.4) is 0 Å². The van der Waals surface area contributed by atoms with Gasteiger partial charge < -0.3 is 19.5 Å². The fourth-order valence-electron chi connectivity index (χ4n) is 2.59. The Morgan fingerprint density at radius 2 is 1.66 bits per heavy atom. The molecule has 0 fully saturated rings. The molecule has 0 radical (unpaired) electrons. The number of amides is 1. The summed E-state index contributed by atoms with van der Waals surface area (Å²) in [5.41, 5.74) is 1.10. The summed E-state index contributed by atoms with van der Waals surface area (Å²) in [5, 5.41) is 2.79. The quantitative estimate of drug-likeness (QED) is 0.480. The first kappa shape index (κ1) is 20.9. The molecule has 0 aromatic heterocycles. The Labute approximate surface area is 173 Å². The van der Waals surface area contributed by atoms with Gasteiger partial charge in [-0.3, -0.25) is 0 Å². The van der Waals surface area contributed by atoms with Gasteiger partial charge in [-0.2, -0.15) is 0 Å². The Balaban J connectivity index is 1.79. The van der Waals surface area contributed by atoms with Gasteiger partial charge >= 0.3 is 13.7 Å². The van der Waals surface area contributed by atoms with Crippen LogP contribution in [0, 0.1) is 0 Å². The number of alkyl carbamates (subject to hydrolysis) is 1. The number of nitrogens with one attached hydrogen (secondary N) is 1. The van der Waals surface area contributed by atoms with Crippen molar-refractivity contribution in [2.75, 3.05) is 0 Å². The fraction of sp³-hybridized carbons (Fsp3) is 0.0952. The first-order valence-electron chi connectivity index (χ1n) is 8.74. The largest absolute Gasteiger partial charge is 0.445 e. The zero-order chi connectivity index (χ0) is 20.7. The molecule has 29 heavy (non-hydrogen) atoms. The number of carbonyl (C=O) groups excluding carboxylic acids is 1. The van der Waals surface area contributed by atoms with Gasteiger partial charge in [-0.25, -0.2) is 9.36 Å². The molecule has 0 saturated carbocycles. The SMILES string of the molecule is O=C(NC(c1cccc(Cl)c1)P(=O)(O)Oc1ccccc1)OCc1ccccc1. The second kappa shape index (κ2) is 9.61. The zero-order valence-electron chi connectivity index (χ0n) is 15.3. The number of para-hydroxylation sites is 1. The normalized spacial score (nSPS) is 13.7. The average molecular weight is 432 g/mol. The Bertz CT molecular complexity index is 1000. The molecule has 1 amide bonds. The molecule has 6 nitrogen and oxygen atoms in total. The Morgan fingerprint density at radius 1 is 1.00 bits per heavy atom. The van der Waals surface area contributed by atoms with Gasteiger partial charge in [-0.1, -0.05) is 72.3 Å². The van der Waals surface area contributed by atoms with Crippen molar-refractivity contribution >= 4 is 25.3 Å². The lowest BCUT2D eigenvalue weighted by Crippen LogP contribution is -2.30. The Morgan fingerprint density at radius 3 is 2.31 bits per heavy atom. The summed E-state index contributed by atoms with van der Waals surface area (Å²) in [7, 11) is -4.39. The van der Waals surface area contributed by atoms with Crippen LogP contribution in [-0.4, -0.2) is 11.0 Å². The molecular weight excluding hydrogens is 413 g/mol. The molecule has 2 N–H and O–H groups in total. The molecule has 8 heteroatoms. The van der Waals surface area contributed by atoms with Crippen LogP contribution in [0.1, 0.15) is 16.9 Å². The predicted molar refractivity (Wildman–Crippen MR) is 111 cm³/mol. The van der Waals surface area contributed by atoms with Crippen molar-refractivity contribution in [1.29, 1.82) is 0 Å². The summed E-state index contributed by atoms with van der Waals surface area (Å²) in [6, 6.07) is 23.6. The molecule has 0 bridgehead atoms. The molecule has 0 spiro atoms. The molecular formula is C21H19ClNO5P. The number of ether oxygens (including phenoxy) is 1. The van der Waals surface area contributed by atoms with E-state index in [-0.39, 0.29) is 12.4 Å². The van der Waals surface area contributed by atoms with Gasteiger partial charge in [0.15, 0.2) is 5.78 Å². The maximum absolute atomic E-state index is 13.0. The monoisotopic (exact) mass is 431 g/mol. The van der Waals surface area contributed by atoms with Gasteiger partial charge in [0.1, 0.15) is 12.4 Å². The van der Waals surface area contributed by atoms with Crippen molar-refractivity contribution in [3.8, 4) is 5.75 Å². The summed E-state index contributed by atoms with van der Waals surface area (Å²) in [6.07, 6.45) is -0.857. The lowest BCUT2D eigenvalue weighted by atomic mass is 10.2. The summed E-state index contributed by atoms with van der Waals surface area (Å²) in [5.74, 6) is -1.17. The van der Waals surface area contributed by atoms with E-state index in [1.807, 2.05) is 18.2 Å². The molecule has 2 unspecified atom stereocenters. The standard InChI is InChI=1S/C21H19ClNO5P/c22-18-11-7-10-17(14-18)20(29(25,26)28-19-12-5-2-6-13-19)23-21(24)27-15-16-8-3-1-4-9-16/h1-14,20H,15H2,(H,23,24)(H,25,26). The molecule has 0 saturated heterocycles. The zero-order valence-corrected chi connectivity index (χ0v) is 16.9. The first-order chi connectivity index (χ1) is 13.9.